The van der Waals surface area contributed by atoms with Crippen LogP contribution in [0.15, 0.2) is 0 Å². The maximum Gasteiger partial charge on any atom is 0.184 e. The van der Waals surface area contributed by atoms with Crippen molar-refractivity contribution in [1.82, 2.24) is 0 Å². The summed E-state index contributed by atoms with van der Waals surface area (Å²) in [6, 6.07) is 0. The number of rotatable bonds is 13. The van der Waals surface area contributed by atoms with Gasteiger partial charge in [0.25, 0.3) is 0 Å². The van der Waals surface area contributed by atoms with Gasteiger partial charge in [0.1, 0.15) is 5.78 Å². The van der Waals surface area contributed by atoms with E-state index in [-0.39, 0.29) is 22.0 Å². The Balaban J connectivity index is 2.16. The van der Waals surface area contributed by atoms with Crippen molar-refractivity contribution in [3.05, 3.63) is 0 Å². The van der Waals surface area contributed by atoms with Gasteiger partial charge in [0.15, 0.2) is 16.6 Å². The quantitative estimate of drug-likeness (QED) is 0.225. The van der Waals surface area contributed by atoms with Crippen LogP contribution in [-0.4, -0.2) is 33.6 Å². The number of carbonyl (C=O) groups is 1. The Kier molecular flexibility index (Phi) is 9.84. The van der Waals surface area contributed by atoms with Crippen LogP contribution in [0.2, 0.25) is 39.3 Å². The maximum atomic E-state index is 12.9. The standard InChI is InChI=1S/C30H60O3Si2/c1-27(2,32-34(7,8)9)19-14-21-29(5,22-15-20-28(3,4)33-35(10,11)12)26-18-17-24-25(31)16-13-23-30(24,26)6/h24,26H,13-23H2,1-12H3/t24-,26+,30-/m0/s1. The first kappa shape index (κ1) is 31.2. The van der Waals surface area contributed by atoms with Crippen LogP contribution in [0, 0.1) is 22.7 Å². The fourth-order valence-electron chi connectivity index (χ4n) is 8.14. The summed E-state index contributed by atoms with van der Waals surface area (Å²) in [7, 11) is -3.13. The SMILES string of the molecule is CC(C)(CCCC(C)(CCCC(C)(C)O[Si](C)(C)C)[C@H]1CC[C@H]2C(=O)CCC[C@]12C)O[Si](C)(C)C. The average Bonchev–Trinajstić information content (AvgIpc) is 2.96. The summed E-state index contributed by atoms with van der Waals surface area (Å²) < 4.78 is 13.1. The van der Waals surface area contributed by atoms with Crippen LogP contribution in [0.4, 0.5) is 0 Å². The number of hydrogen-bond acceptors (Lipinski definition) is 3. The van der Waals surface area contributed by atoms with Gasteiger partial charge in [0.2, 0.25) is 0 Å². The molecule has 2 rings (SSSR count). The van der Waals surface area contributed by atoms with Crippen molar-refractivity contribution in [1.29, 1.82) is 0 Å². The van der Waals surface area contributed by atoms with Crippen molar-refractivity contribution in [2.45, 2.75) is 163 Å². The molecule has 0 aromatic carbocycles. The van der Waals surface area contributed by atoms with Crippen LogP contribution in [0.5, 0.6) is 0 Å². The van der Waals surface area contributed by atoms with Gasteiger partial charge in [0.05, 0.1) is 11.2 Å². The molecule has 2 aliphatic carbocycles. The number of fused-ring (bicyclic) bond motifs is 1. The zero-order valence-corrected chi connectivity index (χ0v) is 27.7. The summed E-state index contributed by atoms with van der Waals surface area (Å²) in [6.07, 6.45) is 12.6. The van der Waals surface area contributed by atoms with E-state index >= 15 is 0 Å². The highest BCUT2D eigenvalue weighted by Gasteiger charge is 2.56. The van der Waals surface area contributed by atoms with Crippen LogP contribution in [-0.2, 0) is 13.6 Å². The van der Waals surface area contributed by atoms with E-state index in [9.17, 15) is 4.79 Å². The Bertz CT molecular complexity index is 682. The summed E-state index contributed by atoms with van der Waals surface area (Å²) in [6.45, 7) is 27.9. The monoisotopic (exact) mass is 524 g/mol. The van der Waals surface area contributed by atoms with Crippen molar-refractivity contribution >= 4 is 22.4 Å². The molecule has 5 heteroatoms. The zero-order chi connectivity index (χ0) is 26.9. The summed E-state index contributed by atoms with van der Waals surface area (Å²) in [5.74, 6) is 1.50. The lowest BCUT2D eigenvalue weighted by atomic mass is 9.56. The predicted molar refractivity (Wildman–Crippen MR) is 156 cm³/mol. The Morgan fingerprint density at radius 2 is 1.26 bits per heavy atom. The minimum Gasteiger partial charge on any atom is -0.413 e. The third-order valence-corrected chi connectivity index (χ3v) is 11.3. The first-order chi connectivity index (χ1) is 15.7. The Morgan fingerprint density at radius 3 is 1.69 bits per heavy atom. The first-order valence-electron chi connectivity index (χ1n) is 14.6. The fourth-order valence-corrected chi connectivity index (χ4v) is 11.7. The molecule has 2 saturated carbocycles. The number of Topliss-reactive ketones (excluding diaryl/α,β-unsaturated/α-hetero) is 1. The molecule has 3 nitrogen and oxygen atoms in total. The largest absolute Gasteiger partial charge is 0.413 e. The third-order valence-electron chi connectivity index (χ3n) is 8.92. The van der Waals surface area contributed by atoms with Gasteiger partial charge in [-0.05, 0) is 135 Å². The van der Waals surface area contributed by atoms with Crippen molar-refractivity contribution in [3.8, 4) is 0 Å². The molecule has 2 aliphatic rings. The van der Waals surface area contributed by atoms with Crippen LogP contribution in [0.25, 0.3) is 0 Å². The lowest BCUT2D eigenvalue weighted by Gasteiger charge is -2.49. The van der Waals surface area contributed by atoms with Gasteiger partial charge in [-0.2, -0.15) is 0 Å². The molecule has 206 valence electrons. The molecule has 2 fully saturated rings. The molecule has 3 atom stereocenters. The predicted octanol–water partition coefficient (Wildman–Crippen LogP) is 9.38. The molecule has 0 bridgehead atoms. The Labute approximate surface area is 221 Å². The number of hydrogen-bond donors (Lipinski definition) is 0. The van der Waals surface area contributed by atoms with Crippen LogP contribution < -0.4 is 0 Å². The minimum atomic E-state index is -1.57. The van der Waals surface area contributed by atoms with E-state index in [1.165, 1.54) is 38.5 Å². The van der Waals surface area contributed by atoms with Gasteiger partial charge in [0, 0.05) is 12.3 Å². The van der Waals surface area contributed by atoms with Gasteiger partial charge in [-0.1, -0.05) is 26.7 Å². The van der Waals surface area contributed by atoms with E-state index in [4.69, 9.17) is 8.85 Å². The lowest BCUT2D eigenvalue weighted by Crippen LogP contribution is -2.44. The topological polar surface area (TPSA) is 35.5 Å². The van der Waals surface area contributed by atoms with Crippen molar-refractivity contribution in [3.63, 3.8) is 0 Å². The van der Waals surface area contributed by atoms with E-state index in [2.05, 4.69) is 80.8 Å². The van der Waals surface area contributed by atoms with Crippen molar-refractivity contribution in [2.75, 3.05) is 0 Å². The van der Waals surface area contributed by atoms with Gasteiger partial charge in [-0.25, -0.2) is 0 Å². The third kappa shape index (κ3) is 9.07. The molecule has 0 saturated heterocycles. The van der Waals surface area contributed by atoms with Gasteiger partial charge in [-0.15, -0.1) is 0 Å². The van der Waals surface area contributed by atoms with Gasteiger partial charge < -0.3 is 8.85 Å². The summed E-state index contributed by atoms with van der Waals surface area (Å²) in [4.78, 5) is 12.9. The number of carbonyl (C=O) groups excluding carboxylic acids is 1. The van der Waals surface area contributed by atoms with E-state index in [1.807, 2.05) is 0 Å². The van der Waals surface area contributed by atoms with Crippen LogP contribution >= 0.6 is 0 Å². The molecule has 0 N–H and O–H groups in total. The summed E-state index contributed by atoms with van der Waals surface area (Å²) in [5, 5.41) is 0. The highest BCUT2D eigenvalue weighted by molar-refractivity contribution is 6.70. The number of ketones is 1. The molecular formula is C30H60O3Si2. The molecule has 0 spiro atoms. The molecule has 0 radical (unpaired) electrons. The fraction of sp³-hybridized carbons (Fsp3) is 0.967. The summed E-state index contributed by atoms with van der Waals surface area (Å²) >= 11 is 0. The highest BCUT2D eigenvalue weighted by atomic mass is 28.4. The second kappa shape index (κ2) is 11.0. The van der Waals surface area contributed by atoms with E-state index in [0.29, 0.717) is 17.6 Å². The van der Waals surface area contributed by atoms with E-state index < -0.39 is 16.6 Å². The Hall–Kier alpha value is 0.0238. The molecule has 0 aromatic heterocycles. The maximum absolute atomic E-state index is 12.9. The van der Waals surface area contributed by atoms with Crippen molar-refractivity contribution in [2.24, 2.45) is 22.7 Å². The van der Waals surface area contributed by atoms with Crippen LogP contribution in [0.1, 0.15) is 112 Å². The molecule has 0 aliphatic heterocycles. The second-order valence-electron chi connectivity index (χ2n) is 15.8. The van der Waals surface area contributed by atoms with Crippen molar-refractivity contribution < 1.29 is 13.6 Å². The Morgan fingerprint density at radius 1 is 0.800 bits per heavy atom. The smallest absolute Gasteiger partial charge is 0.184 e. The molecule has 0 amide bonds. The van der Waals surface area contributed by atoms with Gasteiger partial charge in [-0.3, -0.25) is 4.79 Å². The lowest BCUT2D eigenvalue weighted by molar-refractivity contribution is -0.131. The molecular weight excluding hydrogens is 464 g/mol. The summed E-state index contributed by atoms with van der Waals surface area (Å²) in [5.41, 5.74) is 0.354. The highest BCUT2D eigenvalue weighted by Crippen LogP contribution is 2.62. The first-order valence-corrected chi connectivity index (χ1v) is 21.4. The zero-order valence-electron chi connectivity index (χ0n) is 25.7. The van der Waals surface area contributed by atoms with E-state index in [0.717, 1.165) is 32.1 Å². The minimum absolute atomic E-state index is 0.0541. The molecule has 0 aromatic rings. The molecule has 0 unspecified atom stereocenters. The van der Waals surface area contributed by atoms with E-state index in [1.54, 1.807) is 0 Å². The molecule has 0 heterocycles. The molecule has 35 heavy (non-hydrogen) atoms. The second-order valence-corrected chi connectivity index (χ2v) is 24.7. The van der Waals surface area contributed by atoms with Gasteiger partial charge >= 0.3 is 0 Å². The van der Waals surface area contributed by atoms with Crippen LogP contribution in [0.3, 0.4) is 0 Å². The average molecular weight is 525 g/mol. The normalized spacial score (nSPS) is 26.8.